The van der Waals surface area contributed by atoms with Crippen LogP contribution in [0.5, 0.6) is 0 Å². The van der Waals surface area contributed by atoms with Crippen molar-refractivity contribution in [2.75, 3.05) is 13.1 Å². The lowest BCUT2D eigenvalue weighted by Gasteiger charge is -2.31. The Kier molecular flexibility index (Phi) is 5.88. The van der Waals surface area contributed by atoms with Crippen molar-refractivity contribution in [3.63, 3.8) is 0 Å². The van der Waals surface area contributed by atoms with Crippen LogP contribution in [0.15, 0.2) is 41.2 Å². The summed E-state index contributed by atoms with van der Waals surface area (Å²) < 4.78 is 28.9. The van der Waals surface area contributed by atoms with Crippen LogP contribution in [0.25, 0.3) is 11.2 Å². The van der Waals surface area contributed by atoms with Crippen molar-refractivity contribution in [1.29, 1.82) is 0 Å². The minimum Gasteiger partial charge on any atom is -0.339 e. The van der Waals surface area contributed by atoms with Crippen molar-refractivity contribution in [2.45, 2.75) is 39.2 Å². The van der Waals surface area contributed by atoms with Gasteiger partial charge in [-0.1, -0.05) is 29.0 Å². The largest absolute Gasteiger partial charge is 0.339 e. The molecule has 180 valence electrons. The Bertz CT molecular complexity index is 1490. The molecule has 1 aliphatic rings. The lowest BCUT2D eigenvalue weighted by molar-refractivity contribution is 0.0706. The number of nitrogens with one attached hydrogen (secondary N) is 1. The second kappa shape index (κ2) is 9.01. The zero-order chi connectivity index (χ0) is 24.7. The Balaban J connectivity index is 1.36. The summed E-state index contributed by atoms with van der Waals surface area (Å²) in [7, 11) is 0. The van der Waals surface area contributed by atoms with Gasteiger partial charge in [-0.3, -0.25) is 9.59 Å². The molecule has 0 atom stereocenters. The lowest BCUT2D eigenvalue weighted by atomic mass is 9.95. The van der Waals surface area contributed by atoms with Gasteiger partial charge in [-0.25, -0.2) is 18.4 Å². The third-order valence-corrected chi connectivity index (χ3v) is 6.55. The number of fused-ring (bicyclic) bond motifs is 1. The summed E-state index contributed by atoms with van der Waals surface area (Å²) in [5, 5.41) is 8.19. The standard InChI is InChI=1S/C25H24F2N6O2/c1-14-3-4-15(2)17(11-14)13-33-23-21(30-31-33)24(34)29-22(28-23)16-7-9-32(10-8-16)25(35)19-6-5-18(26)12-20(19)27/h3-6,11-12,16H,7-10,13H2,1-2H3,(H,28,29,34). The van der Waals surface area contributed by atoms with E-state index < -0.39 is 17.5 Å². The third-order valence-electron chi connectivity index (χ3n) is 6.55. The van der Waals surface area contributed by atoms with Crippen LogP contribution in [-0.2, 0) is 6.54 Å². The highest BCUT2D eigenvalue weighted by molar-refractivity contribution is 5.94. The van der Waals surface area contributed by atoms with Gasteiger partial charge in [0.25, 0.3) is 11.5 Å². The number of H-pyrrole nitrogens is 1. The van der Waals surface area contributed by atoms with E-state index in [1.165, 1.54) is 4.90 Å². The van der Waals surface area contributed by atoms with Crippen LogP contribution in [0, 0.1) is 25.5 Å². The molecule has 0 saturated carbocycles. The summed E-state index contributed by atoms with van der Waals surface area (Å²) in [6.07, 6.45) is 1.09. The van der Waals surface area contributed by atoms with E-state index in [4.69, 9.17) is 4.98 Å². The number of likely N-dealkylation sites (tertiary alicyclic amines) is 1. The van der Waals surface area contributed by atoms with Crippen LogP contribution in [-0.4, -0.2) is 48.9 Å². The van der Waals surface area contributed by atoms with Gasteiger partial charge in [-0.2, -0.15) is 0 Å². The third kappa shape index (κ3) is 4.43. The molecule has 0 unspecified atom stereocenters. The van der Waals surface area contributed by atoms with E-state index in [-0.39, 0.29) is 22.6 Å². The fourth-order valence-corrected chi connectivity index (χ4v) is 4.50. The minimum absolute atomic E-state index is 0.0849. The van der Waals surface area contributed by atoms with Gasteiger partial charge in [0.05, 0.1) is 12.1 Å². The van der Waals surface area contributed by atoms with Gasteiger partial charge in [0.1, 0.15) is 17.5 Å². The molecule has 35 heavy (non-hydrogen) atoms. The Morgan fingerprint density at radius 3 is 2.63 bits per heavy atom. The number of aromatic amines is 1. The Morgan fingerprint density at radius 2 is 1.89 bits per heavy atom. The molecule has 1 N–H and O–H groups in total. The maximum atomic E-state index is 14.0. The zero-order valence-electron chi connectivity index (χ0n) is 19.4. The van der Waals surface area contributed by atoms with E-state index >= 15 is 0 Å². The second-order valence-electron chi connectivity index (χ2n) is 8.99. The van der Waals surface area contributed by atoms with Gasteiger partial charge in [0.15, 0.2) is 11.2 Å². The monoisotopic (exact) mass is 478 g/mol. The first-order valence-corrected chi connectivity index (χ1v) is 11.4. The summed E-state index contributed by atoms with van der Waals surface area (Å²) >= 11 is 0. The predicted octanol–water partition coefficient (Wildman–Crippen LogP) is 3.48. The van der Waals surface area contributed by atoms with Gasteiger partial charge in [-0.15, -0.1) is 5.10 Å². The second-order valence-corrected chi connectivity index (χ2v) is 8.99. The van der Waals surface area contributed by atoms with Crippen LogP contribution < -0.4 is 5.56 Å². The smallest absolute Gasteiger partial charge is 0.281 e. The first-order chi connectivity index (χ1) is 16.8. The number of piperidine rings is 1. The molecule has 1 fully saturated rings. The molecular formula is C25H24F2N6O2. The Morgan fingerprint density at radius 1 is 1.11 bits per heavy atom. The zero-order valence-corrected chi connectivity index (χ0v) is 19.4. The number of carbonyl (C=O) groups is 1. The molecule has 0 spiro atoms. The molecule has 0 radical (unpaired) electrons. The van der Waals surface area contributed by atoms with Gasteiger partial charge >= 0.3 is 0 Å². The first kappa shape index (κ1) is 22.8. The average Bonchev–Trinajstić information content (AvgIpc) is 3.24. The number of halogens is 2. The predicted molar refractivity (Wildman–Crippen MR) is 125 cm³/mol. The number of hydrogen-bond acceptors (Lipinski definition) is 5. The SMILES string of the molecule is Cc1ccc(C)c(Cn2nnc3c(=O)[nH]c(C4CCN(C(=O)c5ccc(F)cc5F)CC4)nc32)c1. The molecule has 4 aromatic rings. The fourth-order valence-electron chi connectivity index (χ4n) is 4.50. The van der Waals surface area contributed by atoms with E-state index in [0.29, 0.717) is 50.0 Å². The van der Waals surface area contributed by atoms with Crippen molar-refractivity contribution >= 4 is 17.1 Å². The molecule has 1 amide bonds. The van der Waals surface area contributed by atoms with E-state index in [0.717, 1.165) is 28.8 Å². The number of hydrogen-bond donors (Lipinski definition) is 1. The maximum absolute atomic E-state index is 14.0. The Hall–Kier alpha value is -3.95. The first-order valence-electron chi connectivity index (χ1n) is 11.4. The maximum Gasteiger partial charge on any atom is 0.281 e. The summed E-state index contributed by atoms with van der Waals surface area (Å²) in [5.41, 5.74) is 3.39. The molecular weight excluding hydrogens is 454 g/mol. The topological polar surface area (TPSA) is 96.8 Å². The van der Waals surface area contributed by atoms with Gasteiger partial charge in [0.2, 0.25) is 0 Å². The molecule has 0 bridgehead atoms. The number of amides is 1. The quantitative estimate of drug-likeness (QED) is 0.485. The van der Waals surface area contributed by atoms with E-state index in [9.17, 15) is 18.4 Å². The molecule has 2 aromatic heterocycles. The number of rotatable bonds is 4. The van der Waals surface area contributed by atoms with E-state index in [1.807, 2.05) is 26.0 Å². The van der Waals surface area contributed by atoms with Gasteiger partial charge in [0, 0.05) is 25.1 Å². The van der Waals surface area contributed by atoms with Crippen LogP contribution in [0.4, 0.5) is 8.78 Å². The van der Waals surface area contributed by atoms with Gasteiger partial charge < -0.3 is 9.88 Å². The molecule has 2 aromatic carbocycles. The number of carbonyl (C=O) groups excluding carboxylic acids is 1. The molecule has 3 heterocycles. The van der Waals surface area contributed by atoms with Crippen LogP contribution in [0.2, 0.25) is 0 Å². The molecule has 5 rings (SSSR count). The number of nitrogens with zero attached hydrogens (tertiary/aromatic N) is 5. The molecule has 10 heteroatoms. The van der Waals surface area contributed by atoms with Crippen LogP contribution in [0.1, 0.15) is 51.6 Å². The number of aromatic nitrogens is 5. The number of benzene rings is 2. The summed E-state index contributed by atoms with van der Waals surface area (Å²) in [4.78, 5) is 34.5. The highest BCUT2D eigenvalue weighted by Gasteiger charge is 2.28. The summed E-state index contributed by atoms with van der Waals surface area (Å²) in [6, 6.07) is 9.11. The van der Waals surface area contributed by atoms with Crippen molar-refractivity contribution in [1.82, 2.24) is 29.9 Å². The van der Waals surface area contributed by atoms with Crippen molar-refractivity contribution < 1.29 is 13.6 Å². The van der Waals surface area contributed by atoms with Crippen molar-refractivity contribution in [3.8, 4) is 0 Å². The summed E-state index contributed by atoms with van der Waals surface area (Å²) in [6.45, 7) is 5.21. The molecule has 1 saturated heterocycles. The van der Waals surface area contributed by atoms with Crippen LogP contribution in [0.3, 0.4) is 0 Å². The molecule has 0 aliphatic carbocycles. The molecule has 8 nitrogen and oxygen atoms in total. The van der Waals surface area contributed by atoms with Crippen molar-refractivity contribution in [3.05, 3.63) is 86.5 Å². The fraction of sp³-hybridized carbons (Fsp3) is 0.320. The summed E-state index contributed by atoms with van der Waals surface area (Å²) in [5.74, 6) is -1.65. The highest BCUT2D eigenvalue weighted by Crippen LogP contribution is 2.27. The highest BCUT2D eigenvalue weighted by atomic mass is 19.1. The Labute approximate surface area is 199 Å². The average molecular weight is 479 g/mol. The lowest BCUT2D eigenvalue weighted by Crippen LogP contribution is -2.38. The molecule has 1 aliphatic heterocycles. The van der Waals surface area contributed by atoms with Crippen molar-refractivity contribution in [2.24, 2.45) is 0 Å². The minimum atomic E-state index is -0.877. The number of aryl methyl sites for hydroxylation is 2. The van der Waals surface area contributed by atoms with Gasteiger partial charge in [-0.05, 0) is 49.9 Å². The van der Waals surface area contributed by atoms with Crippen LogP contribution >= 0.6 is 0 Å². The van der Waals surface area contributed by atoms with E-state index in [2.05, 4.69) is 21.4 Å². The normalized spacial score (nSPS) is 14.6. The van der Waals surface area contributed by atoms with E-state index in [1.54, 1.807) is 4.68 Å².